The number of hydrogen-bond donors (Lipinski definition) is 2. The maximum atomic E-state index is 10.7. The first-order chi connectivity index (χ1) is 14.2. The van der Waals surface area contributed by atoms with E-state index in [9.17, 15) is 4.79 Å². The maximum Gasteiger partial charge on any atom is 0.303 e. The summed E-state index contributed by atoms with van der Waals surface area (Å²) in [5.41, 5.74) is 4.93. The van der Waals surface area contributed by atoms with Gasteiger partial charge in [-0.25, -0.2) is 0 Å². The van der Waals surface area contributed by atoms with Crippen LogP contribution in [0.5, 0.6) is 5.75 Å². The lowest BCUT2D eigenvalue weighted by molar-refractivity contribution is -0.743. The summed E-state index contributed by atoms with van der Waals surface area (Å²) >= 11 is 0. The van der Waals surface area contributed by atoms with Gasteiger partial charge in [0.2, 0.25) is 0 Å². The molecule has 148 valence electrons. The quantitative estimate of drug-likeness (QED) is 0.435. The molecule has 0 saturated heterocycles. The molecule has 3 rings (SSSR count). The Morgan fingerprint density at radius 2 is 1.62 bits per heavy atom. The molecule has 0 bridgehead atoms. The van der Waals surface area contributed by atoms with E-state index < -0.39 is 5.97 Å². The van der Waals surface area contributed by atoms with Crippen LogP contribution in [0, 0.1) is 0 Å². The van der Waals surface area contributed by atoms with E-state index in [1.54, 1.807) is 7.11 Å². The van der Waals surface area contributed by atoms with Crippen molar-refractivity contribution in [3.8, 4) is 5.75 Å². The number of carbonyl (C=O) groups is 1. The molecule has 0 fully saturated rings. The van der Waals surface area contributed by atoms with Crippen LogP contribution < -0.4 is 9.89 Å². The second-order valence-electron chi connectivity index (χ2n) is 6.57. The van der Waals surface area contributed by atoms with Crippen molar-refractivity contribution < 1.29 is 24.6 Å². The van der Waals surface area contributed by atoms with Gasteiger partial charge in [-0.05, 0) is 59.1 Å². The molecule has 29 heavy (non-hydrogen) atoms. The van der Waals surface area contributed by atoms with E-state index in [4.69, 9.17) is 14.7 Å². The molecule has 0 aromatic heterocycles. The molecule has 3 aromatic carbocycles. The Kier molecular flexibility index (Phi) is 7.00. The van der Waals surface area contributed by atoms with Crippen LogP contribution in [0.4, 0.5) is 0 Å². The predicted octanol–water partition coefficient (Wildman–Crippen LogP) is 2.76. The van der Waals surface area contributed by atoms with Gasteiger partial charge in [0, 0.05) is 6.42 Å². The fraction of sp³-hybridized carbons (Fsp3) is 0.167. The average molecular weight is 390 g/mol. The summed E-state index contributed by atoms with van der Waals surface area (Å²) in [5, 5.41) is 11.7. The van der Waals surface area contributed by atoms with Crippen LogP contribution in [-0.4, -0.2) is 23.9 Å². The Hall–Kier alpha value is -3.60. The van der Waals surface area contributed by atoms with Gasteiger partial charge in [0.05, 0.1) is 11.1 Å². The highest BCUT2D eigenvalue weighted by Crippen LogP contribution is 2.16. The Bertz CT molecular complexity index is 966. The zero-order chi connectivity index (χ0) is 20.5. The molecule has 0 heterocycles. The van der Waals surface area contributed by atoms with Crippen LogP contribution in [0.25, 0.3) is 0 Å². The van der Waals surface area contributed by atoms with E-state index in [2.05, 4.69) is 11.2 Å². The fourth-order valence-corrected chi connectivity index (χ4v) is 2.98. The number of nitrogens with one attached hydrogen (secondary N) is 1. The summed E-state index contributed by atoms with van der Waals surface area (Å²) in [6, 6.07) is 25.6. The Balaban J connectivity index is 1.68. The third-order valence-electron chi connectivity index (χ3n) is 4.44. The van der Waals surface area contributed by atoms with E-state index >= 15 is 0 Å². The standard InChI is InChI=1S/C24H23NO4/c1-28-25-24(20-7-3-2-4-8-20)21-9-5-6-19(16-21)17-29-22-13-10-18(11-14-22)12-15-23(26)27/h2-11,13-14,16H,12,15,17H2,1H3,(H,26,27)/p+1/b25-24-. The van der Waals surface area contributed by atoms with Crippen molar-refractivity contribution >= 4 is 11.7 Å². The lowest BCUT2D eigenvalue weighted by atomic mass is 10.0. The van der Waals surface area contributed by atoms with Gasteiger partial charge in [-0.15, -0.1) is 0 Å². The number of rotatable bonds is 9. The van der Waals surface area contributed by atoms with Gasteiger partial charge in [0.25, 0.3) is 5.71 Å². The van der Waals surface area contributed by atoms with Crippen molar-refractivity contribution in [2.45, 2.75) is 19.4 Å². The zero-order valence-corrected chi connectivity index (χ0v) is 16.3. The van der Waals surface area contributed by atoms with Crippen molar-refractivity contribution in [1.82, 2.24) is 0 Å². The van der Waals surface area contributed by atoms with Crippen molar-refractivity contribution in [2.24, 2.45) is 0 Å². The third kappa shape index (κ3) is 5.94. The highest BCUT2D eigenvalue weighted by Gasteiger charge is 2.14. The Morgan fingerprint density at radius 3 is 2.31 bits per heavy atom. The highest BCUT2D eigenvalue weighted by molar-refractivity contribution is 6.09. The number of benzene rings is 3. The summed E-state index contributed by atoms with van der Waals surface area (Å²) in [6.45, 7) is 0.428. The van der Waals surface area contributed by atoms with Gasteiger partial charge in [-0.2, -0.15) is 0 Å². The van der Waals surface area contributed by atoms with E-state index in [1.165, 1.54) is 0 Å². The summed E-state index contributed by atoms with van der Waals surface area (Å²) in [6.07, 6.45) is 0.644. The van der Waals surface area contributed by atoms with Crippen molar-refractivity contribution in [3.05, 3.63) is 101 Å². The molecular weight excluding hydrogens is 366 g/mol. The lowest BCUT2D eigenvalue weighted by Gasteiger charge is -2.08. The molecule has 0 spiro atoms. The van der Waals surface area contributed by atoms with Crippen LogP contribution in [0.1, 0.15) is 28.7 Å². The van der Waals surface area contributed by atoms with Crippen LogP contribution in [0.15, 0.2) is 78.9 Å². The Labute approximate surface area is 170 Å². The minimum absolute atomic E-state index is 0.128. The number of ether oxygens (including phenoxy) is 1. The molecule has 5 heteroatoms. The zero-order valence-electron chi connectivity index (χ0n) is 16.3. The highest BCUT2D eigenvalue weighted by atomic mass is 16.6. The molecule has 0 amide bonds. The van der Waals surface area contributed by atoms with Gasteiger partial charge in [-0.3, -0.25) is 9.63 Å². The van der Waals surface area contributed by atoms with E-state index in [1.807, 2.05) is 72.8 Å². The molecule has 0 atom stereocenters. The van der Waals surface area contributed by atoms with Gasteiger partial charge in [0.1, 0.15) is 19.5 Å². The number of carboxylic acids is 1. The summed E-state index contributed by atoms with van der Waals surface area (Å²) in [7, 11) is 1.59. The first kappa shape index (κ1) is 20.1. The summed E-state index contributed by atoms with van der Waals surface area (Å²) < 4.78 is 5.90. The first-order valence-electron chi connectivity index (χ1n) is 9.40. The van der Waals surface area contributed by atoms with Crippen LogP contribution >= 0.6 is 0 Å². The predicted molar refractivity (Wildman–Crippen MR) is 111 cm³/mol. The fourth-order valence-electron chi connectivity index (χ4n) is 2.98. The minimum atomic E-state index is -0.792. The monoisotopic (exact) mass is 390 g/mol. The van der Waals surface area contributed by atoms with Crippen molar-refractivity contribution in [1.29, 1.82) is 0 Å². The van der Waals surface area contributed by atoms with E-state index in [0.29, 0.717) is 13.0 Å². The third-order valence-corrected chi connectivity index (χ3v) is 4.44. The molecule has 5 nitrogen and oxygen atoms in total. The molecule has 2 N–H and O–H groups in total. The van der Waals surface area contributed by atoms with Crippen LogP contribution in [0.2, 0.25) is 0 Å². The molecule has 0 radical (unpaired) electrons. The second kappa shape index (κ2) is 10.1. The number of aliphatic carboxylic acids is 1. The van der Waals surface area contributed by atoms with Crippen molar-refractivity contribution in [3.63, 3.8) is 0 Å². The van der Waals surface area contributed by atoms with Gasteiger partial charge in [-0.1, -0.05) is 42.5 Å². The Morgan fingerprint density at radius 1 is 0.897 bits per heavy atom. The van der Waals surface area contributed by atoms with Gasteiger partial charge < -0.3 is 9.84 Å². The molecule has 3 aromatic rings. The van der Waals surface area contributed by atoms with Gasteiger partial charge in [0.15, 0.2) is 0 Å². The molecular formula is C24H24NO4+. The lowest BCUT2D eigenvalue weighted by Crippen LogP contribution is -2.71. The average Bonchev–Trinajstić information content (AvgIpc) is 2.76. The smallest absolute Gasteiger partial charge is 0.303 e. The van der Waals surface area contributed by atoms with Crippen molar-refractivity contribution in [2.75, 3.05) is 7.11 Å². The molecule has 0 aliphatic carbocycles. The summed E-state index contributed by atoms with van der Waals surface area (Å²) in [4.78, 5) is 15.8. The normalized spacial score (nSPS) is 11.1. The van der Waals surface area contributed by atoms with E-state index in [-0.39, 0.29) is 6.42 Å². The van der Waals surface area contributed by atoms with Crippen LogP contribution in [-0.2, 0) is 22.7 Å². The largest absolute Gasteiger partial charge is 0.489 e. The SMILES string of the molecule is CO/[NH+]=C(/c1ccccc1)c1cccc(COc2ccc(CCC(=O)O)cc2)c1. The van der Waals surface area contributed by atoms with E-state index in [0.717, 1.165) is 33.7 Å². The minimum Gasteiger partial charge on any atom is -0.489 e. The molecule has 0 aliphatic rings. The molecule has 0 aliphatic heterocycles. The van der Waals surface area contributed by atoms with Crippen LogP contribution in [0.3, 0.4) is 0 Å². The maximum absolute atomic E-state index is 10.7. The first-order valence-corrected chi connectivity index (χ1v) is 9.40. The number of carboxylic acid groups (broad SMARTS) is 1. The second-order valence-corrected chi connectivity index (χ2v) is 6.57. The molecule has 0 unspecified atom stereocenters. The topological polar surface area (TPSA) is 69.7 Å². The van der Waals surface area contributed by atoms with Gasteiger partial charge >= 0.3 is 5.97 Å². The summed E-state index contributed by atoms with van der Waals surface area (Å²) in [5.74, 6) is -0.0448. The molecule has 0 saturated carbocycles. The number of hydrogen-bond acceptors (Lipinski definition) is 3. The number of aryl methyl sites for hydroxylation is 1.